The zero-order chi connectivity index (χ0) is 28.2. The molecule has 1 unspecified atom stereocenters. The molecule has 0 spiro atoms. The first kappa shape index (κ1) is 27.8. The summed E-state index contributed by atoms with van der Waals surface area (Å²) in [7, 11) is 0. The number of nitrogens with one attached hydrogen (secondary N) is 1. The van der Waals surface area contributed by atoms with Gasteiger partial charge in [0.05, 0.1) is 12.5 Å². The van der Waals surface area contributed by atoms with Crippen molar-refractivity contribution >= 4 is 28.5 Å². The number of esters is 1. The summed E-state index contributed by atoms with van der Waals surface area (Å²) in [5, 5.41) is 1.79. The molecule has 4 aromatic rings. The van der Waals surface area contributed by atoms with Gasteiger partial charge < -0.3 is 19.4 Å². The van der Waals surface area contributed by atoms with E-state index in [0.717, 1.165) is 53.7 Å². The number of unbranched alkanes of at least 4 members (excludes halogenated alkanes) is 1. The molecule has 214 valence electrons. The summed E-state index contributed by atoms with van der Waals surface area (Å²) in [6, 6.07) is 19.8. The highest BCUT2D eigenvalue weighted by Crippen LogP contribution is 2.42. The lowest BCUT2D eigenvalue weighted by Gasteiger charge is -2.20. The zero-order valence-corrected chi connectivity index (χ0v) is 24.0. The van der Waals surface area contributed by atoms with Crippen LogP contribution in [-0.2, 0) is 11.2 Å². The Morgan fingerprint density at radius 2 is 1.73 bits per heavy atom. The molecule has 0 radical (unpaired) electrons. The number of carbonyl (C=O) groups is 1. The highest BCUT2D eigenvalue weighted by atomic mass is 35.5. The van der Waals surface area contributed by atoms with E-state index in [0.29, 0.717) is 30.2 Å². The number of carbonyl (C=O) groups excluding carboxylic acids is 1. The average Bonchev–Trinajstić information content (AvgIpc) is 3.58. The standard InChI is InChI=1S/C34H36ClFN2O3/c35-25-8-16-32-31(22-25)29-15-7-24(34(39)41-28-13-9-26(36)10-14-28)21-30(33(29)37-32)23-5-11-27(12-6-23)40-20-4-3-19-38-17-1-2-18-38/h5-6,8-14,16,22,24,30,37H,1-4,7,15,17-21H2/t24-,30?/m0/s1. The molecule has 0 amide bonds. The Labute approximate surface area is 245 Å². The number of aromatic amines is 1. The number of fused-ring (bicyclic) bond motifs is 3. The molecule has 6 rings (SSSR count). The molecule has 2 atom stereocenters. The Kier molecular flexibility index (Phi) is 8.59. The van der Waals surface area contributed by atoms with Gasteiger partial charge in [-0.05, 0) is 130 Å². The highest BCUT2D eigenvalue weighted by Gasteiger charge is 2.33. The maximum atomic E-state index is 13.4. The fraction of sp³-hybridized carbons (Fsp3) is 0.382. The molecule has 1 aliphatic heterocycles. The van der Waals surface area contributed by atoms with Crippen molar-refractivity contribution in [2.45, 2.75) is 50.9 Å². The summed E-state index contributed by atoms with van der Waals surface area (Å²) in [5.41, 5.74) is 4.48. The molecule has 0 bridgehead atoms. The van der Waals surface area contributed by atoms with Crippen LogP contribution < -0.4 is 9.47 Å². The third-order valence-corrected chi connectivity index (χ3v) is 8.73. The van der Waals surface area contributed by atoms with E-state index in [4.69, 9.17) is 21.1 Å². The van der Waals surface area contributed by atoms with Crippen LogP contribution >= 0.6 is 11.6 Å². The molecule has 1 aromatic heterocycles. The van der Waals surface area contributed by atoms with E-state index in [1.165, 1.54) is 55.8 Å². The van der Waals surface area contributed by atoms with Crippen molar-refractivity contribution in [2.24, 2.45) is 5.92 Å². The number of likely N-dealkylation sites (tertiary alicyclic amines) is 1. The van der Waals surface area contributed by atoms with Crippen molar-refractivity contribution in [3.8, 4) is 11.5 Å². The lowest BCUT2D eigenvalue weighted by molar-refractivity contribution is -0.139. The maximum Gasteiger partial charge on any atom is 0.314 e. The second-order valence-electron chi connectivity index (χ2n) is 11.3. The Balaban J connectivity index is 1.19. The summed E-state index contributed by atoms with van der Waals surface area (Å²) in [6.45, 7) is 4.34. The van der Waals surface area contributed by atoms with E-state index in [2.05, 4.69) is 22.0 Å². The highest BCUT2D eigenvalue weighted by molar-refractivity contribution is 6.31. The molecule has 41 heavy (non-hydrogen) atoms. The van der Waals surface area contributed by atoms with E-state index in [-0.39, 0.29) is 23.6 Å². The van der Waals surface area contributed by atoms with Crippen LogP contribution in [0, 0.1) is 11.7 Å². The Morgan fingerprint density at radius 3 is 2.51 bits per heavy atom. The summed E-state index contributed by atoms with van der Waals surface area (Å²) in [6.07, 6.45) is 6.84. The van der Waals surface area contributed by atoms with E-state index in [9.17, 15) is 9.18 Å². The van der Waals surface area contributed by atoms with Crippen LogP contribution in [0.25, 0.3) is 10.9 Å². The molecule has 5 nitrogen and oxygen atoms in total. The number of aromatic nitrogens is 1. The van der Waals surface area contributed by atoms with Crippen LogP contribution in [0.3, 0.4) is 0 Å². The summed E-state index contributed by atoms with van der Waals surface area (Å²) >= 11 is 6.37. The minimum absolute atomic E-state index is 0.0287. The summed E-state index contributed by atoms with van der Waals surface area (Å²) in [5.74, 6) is 0.223. The molecule has 1 saturated heterocycles. The Bertz CT molecular complexity index is 1480. The summed E-state index contributed by atoms with van der Waals surface area (Å²) < 4.78 is 25.1. The SMILES string of the molecule is O=C(Oc1ccc(F)cc1)[C@H]1CCc2c([nH]c3ccc(Cl)cc23)C(c2ccc(OCCCCN3CCCC3)cc2)C1. The van der Waals surface area contributed by atoms with E-state index < -0.39 is 0 Å². The Morgan fingerprint density at radius 1 is 0.976 bits per heavy atom. The van der Waals surface area contributed by atoms with Gasteiger partial charge in [-0.25, -0.2) is 4.39 Å². The van der Waals surface area contributed by atoms with Crippen LogP contribution in [0.15, 0.2) is 66.7 Å². The van der Waals surface area contributed by atoms with Gasteiger partial charge in [-0.15, -0.1) is 0 Å². The van der Waals surface area contributed by atoms with Gasteiger partial charge in [0.15, 0.2) is 0 Å². The normalized spacial score (nSPS) is 19.2. The van der Waals surface area contributed by atoms with Crippen molar-refractivity contribution in [2.75, 3.05) is 26.2 Å². The number of H-pyrrole nitrogens is 1. The van der Waals surface area contributed by atoms with Crippen LogP contribution in [0.2, 0.25) is 5.02 Å². The molecule has 2 heterocycles. The van der Waals surface area contributed by atoms with E-state index >= 15 is 0 Å². The second kappa shape index (κ2) is 12.7. The smallest absolute Gasteiger partial charge is 0.314 e. The molecule has 7 heteroatoms. The van der Waals surface area contributed by atoms with Crippen molar-refractivity contribution in [1.82, 2.24) is 9.88 Å². The van der Waals surface area contributed by atoms with Gasteiger partial charge in [0.1, 0.15) is 17.3 Å². The first-order valence-corrected chi connectivity index (χ1v) is 15.1. The number of benzene rings is 3. The maximum absolute atomic E-state index is 13.4. The van der Waals surface area contributed by atoms with Gasteiger partial charge in [-0.1, -0.05) is 23.7 Å². The monoisotopic (exact) mass is 574 g/mol. The molecule has 1 fully saturated rings. The average molecular weight is 575 g/mol. The summed E-state index contributed by atoms with van der Waals surface area (Å²) in [4.78, 5) is 19.5. The van der Waals surface area contributed by atoms with Crippen LogP contribution in [0.5, 0.6) is 11.5 Å². The van der Waals surface area contributed by atoms with Crippen molar-refractivity contribution in [1.29, 1.82) is 0 Å². The van der Waals surface area contributed by atoms with Gasteiger partial charge in [0.2, 0.25) is 0 Å². The third kappa shape index (κ3) is 6.60. The van der Waals surface area contributed by atoms with Gasteiger partial charge in [-0.2, -0.15) is 0 Å². The molecule has 1 aliphatic carbocycles. The predicted molar refractivity (Wildman–Crippen MR) is 160 cm³/mol. The first-order chi connectivity index (χ1) is 20.0. The number of nitrogens with zero attached hydrogens (tertiary/aromatic N) is 1. The van der Waals surface area contributed by atoms with Crippen LogP contribution in [-0.4, -0.2) is 42.1 Å². The number of hydrogen-bond acceptors (Lipinski definition) is 4. The van der Waals surface area contributed by atoms with Gasteiger partial charge in [-0.3, -0.25) is 4.79 Å². The number of rotatable bonds is 9. The fourth-order valence-corrected chi connectivity index (χ4v) is 6.47. The lowest BCUT2D eigenvalue weighted by Crippen LogP contribution is -2.22. The zero-order valence-electron chi connectivity index (χ0n) is 23.2. The predicted octanol–water partition coefficient (Wildman–Crippen LogP) is 7.91. The van der Waals surface area contributed by atoms with Gasteiger partial charge in [0.25, 0.3) is 0 Å². The molecule has 1 N–H and O–H groups in total. The van der Waals surface area contributed by atoms with Gasteiger partial charge in [0, 0.05) is 27.5 Å². The number of ether oxygens (including phenoxy) is 2. The molecule has 3 aromatic carbocycles. The van der Waals surface area contributed by atoms with Crippen molar-refractivity contribution in [3.05, 3.63) is 94.4 Å². The molecular weight excluding hydrogens is 539 g/mol. The van der Waals surface area contributed by atoms with Crippen LogP contribution in [0.4, 0.5) is 4.39 Å². The first-order valence-electron chi connectivity index (χ1n) is 14.8. The van der Waals surface area contributed by atoms with Crippen molar-refractivity contribution < 1.29 is 18.7 Å². The third-order valence-electron chi connectivity index (χ3n) is 8.50. The lowest BCUT2D eigenvalue weighted by atomic mass is 9.87. The van der Waals surface area contributed by atoms with Crippen LogP contribution in [0.1, 0.15) is 61.3 Å². The Hall–Kier alpha value is -3.35. The minimum atomic E-state index is -0.363. The van der Waals surface area contributed by atoms with Gasteiger partial charge >= 0.3 is 5.97 Å². The fourth-order valence-electron chi connectivity index (χ4n) is 6.30. The second-order valence-corrected chi connectivity index (χ2v) is 11.7. The topological polar surface area (TPSA) is 54.6 Å². The molecule has 0 saturated carbocycles. The molecule has 2 aliphatic rings. The molecular formula is C34H36ClFN2O3. The van der Waals surface area contributed by atoms with E-state index in [1.807, 2.05) is 30.3 Å². The number of hydrogen-bond donors (Lipinski definition) is 1. The quantitative estimate of drug-likeness (QED) is 0.0955. The minimum Gasteiger partial charge on any atom is -0.494 e. The largest absolute Gasteiger partial charge is 0.494 e. The van der Waals surface area contributed by atoms with Crippen molar-refractivity contribution in [3.63, 3.8) is 0 Å². The number of aryl methyl sites for hydroxylation is 1. The number of halogens is 2. The van der Waals surface area contributed by atoms with E-state index in [1.54, 1.807) is 0 Å².